The first kappa shape index (κ1) is 30.2. The number of aliphatic carboxylic acids is 1. The maximum atomic E-state index is 13.7. The molecule has 0 saturated heterocycles. The van der Waals surface area contributed by atoms with Crippen molar-refractivity contribution >= 4 is 12.0 Å². The zero-order chi connectivity index (χ0) is 28.6. The van der Waals surface area contributed by atoms with Crippen LogP contribution in [0.25, 0.3) is 0 Å². The number of aryl methyl sites for hydroxylation is 1. The van der Waals surface area contributed by atoms with Crippen molar-refractivity contribution in [1.82, 2.24) is 10.2 Å². The van der Waals surface area contributed by atoms with Crippen LogP contribution in [0.3, 0.4) is 0 Å². The second-order valence-corrected chi connectivity index (χ2v) is 10.1. The van der Waals surface area contributed by atoms with E-state index in [1.165, 1.54) is 10.5 Å². The molecule has 1 fully saturated rings. The molecule has 0 unspecified atom stereocenters. The number of hydrogen-bond acceptors (Lipinski definition) is 4. The largest absolute Gasteiger partial charge is 0.493 e. The summed E-state index contributed by atoms with van der Waals surface area (Å²) < 4.78 is 39.2. The highest BCUT2D eigenvalue weighted by atomic mass is 19.3. The molecule has 2 aromatic carbocycles. The highest BCUT2D eigenvalue weighted by Crippen LogP contribution is 2.46. The first-order valence-electron chi connectivity index (χ1n) is 13.7. The summed E-state index contributed by atoms with van der Waals surface area (Å²) >= 11 is 0. The number of hydrogen-bond donors (Lipinski definition) is 2. The lowest BCUT2D eigenvalue weighted by atomic mass is 9.73. The third-order valence-electron chi connectivity index (χ3n) is 7.19. The van der Waals surface area contributed by atoms with E-state index in [-0.39, 0.29) is 0 Å². The van der Waals surface area contributed by atoms with Crippen LogP contribution >= 0.6 is 0 Å². The number of carbonyl (C=O) groups is 2. The number of halogens is 2. The number of carbonyl (C=O) groups excluding carboxylic acids is 1. The number of unbranched alkanes of at least 4 members (excludes halogenated alkanes) is 1. The summed E-state index contributed by atoms with van der Waals surface area (Å²) in [5, 5.41) is 12.1. The van der Waals surface area contributed by atoms with Crippen LogP contribution in [0, 0.1) is 0 Å². The van der Waals surface area contributed by atoms with Gasteiger partial charge in [0.2, 0.25) is 0 Å². The van der Waals surface area contributed by atoms with Crippen LogP contribution in [0.5, 0.6) is 11.5 Å². The molecule has 39 heavy (non-hydrogen) atoms. The average molecular weight is 547 g/mol. The first-order valence-corrected chi connectivity index (χ1v) is 13.7. The van der Waals surface area contributed by atoms with Crippen molar-refractivity contribution in [3.05, 3.63) is 59.2 Å². The molecule has 214 valence electrons. The van der Waals surface area contributed by atoms with Crippen molar-refractivity contribution in [3.8, 4) is 11.5 Å². The van der Waals surface area contributed by atoms with Gasteiger partial charge in [0.25, 0.3) is 5.92 Å². The summed E-state index contributed by atoms with van der Waals surface area (Å²) in [5.41, 5.74) is 0.873. The van der Waals surface area contributed by atoms with Gasteiger partial charge in [0.15, 0.2) is 5.54 Å². The lowest BCUT2D eigenvalue weighted by Crippen LogP contribution is -2.68. The van der Waals surface area contributed by atoms with Crippen LogP contribution in [0.2, 0.25) is 0 Å². The summed E-state index contributed by atoms with van der Waals surface area (Å²) in [4.78, 5) is 27.0. The Morgan fingerprint density at radius 1 is 1.03 bits per heavy atom. The number of carboxylic acids is 1. The van der Waals surface area contributed by atoms with Gasteiger partial charge in [-0.25, -0.2) is 18.4 Å². The van der Waals surface area contributed by atoms with Gasteiger partial charge in [-0.1, -0.05) is 37.3 Å². The standard InChI is InChI=1S/C30H40F2N2O5/c1-5-24-25(38-6-2)17-23(18-26(24)39-7-3)21(4)34(16-12-11-15-22-13-9-8-10-14-22)28(37)33-29(27(35)36)19-30(31,32)20-29/h8-10,13-14,17-18,21H,5-7,11-12,15-16,19-20H2,1-4H3,(H,33,37)(H,35,36)/t21-/m1/s1. The van der Waals surface area contributed by atoms with E-state index in [1.54, 1.807) is 0 Å². The number of alkyl halides is 2. The fraction of sp³-hybridized carbons (Fsp3) is 0.533. The SMILES string of the molecule is CCOc1cc([C@@H](C)N(CCCCc2ccccc2)C(=O)NC2(C(=O)O)CC(F)(F)C2)cc(OCC)c1CC. The molecule has 1 atom stereocenters. The molecule has 2 aromatic rings. The highest BCUT2D eigenvalue weighted by molar-refractivity contribution is 5.88. The Kier molecular flexibility index (Phi) is 10.2. The summed E-state index contributed by atoms with van der Waals surface area (Å²) in [5.74, 6) is -3.24. The number of urea groups is 1. The van der Waals surface area contributed by atoms with E-state index in [4.69, 9.17) is 9.47 Å². The predicted octanol–water partition coefficient (Wildman–Crippen LogP) is 6.39. The minimum Gasteiger partial charge on any atom is -0.493 e. The smallest absolute Gasteiger partial charge is 0.329 e. The number of carboxylic acid groups (broad SMARTS) is 1. The molecule has 0 spiro atoms. The van der Waals surface area contributed by atoms with Crippen LogP contribution in [0.15, 0.2) is 42.5 Å². The number of nitrogens with one attached hydrogen (secondary N) is 1. The molecule has 2 N–H and O–H groups in total. The van der Waals surface area contributed by atoms with Gasteiger partial charge in [-0.15, -0.1) is 0 Å². The lowest BCUT2D eigenvalue weighted by molar-refractivity contribution is -0.175. The topological polar surface area (TPSA) is 88.1 Å². The van der Waals surface area contributed by atoms with E-state index >= 15 is 0 Å². The Labute approximate surface area is 229 Å². The Balaban J connectivity index is 1.88. The van der Waals surface area contributed by atoms with E-state index in [2.05, 4.69) is 5.32 Å². The van der Waals surface area contributed by atoms with Gasteiger partial charge in [-0.3, -0.25) is 0 Å². The third kappa shape index (κ3) is 7.40. The van der Waals surface area contributed by atoms with Crippen molar-refractivity contribution in [2.75, 3.05) is 19.8 Å². The third-order valence-corrected chi connectivity index (χ3v) is 7.19. The highest BCUT2D eigenvalue weighted by Gasteiger charge is 2.62. The molecule has 0 heterocycles. The maximum absolute atomic E-state index is 13.7. The van der Waals surface area contributed by atoms with Gasteiger partial charge < -0.3 is 24.8 Å². The number of benzene rings is 2. The number of nitrogens with zero attached hydrogens (tertiary/aromatic N) is 1. The summed E-state index contributed by atoms with van der Waals surface area (Å²) in [6.45, 7) is 8.85. The average Bonchev–Trinajstić information content (AvgIpc) is 2.87. The fourth-order valence-electron chi connectivity index (χ4n) is 5.11. The molecule has 2 amide bonds. The first-order chi connectivity index (χ1) is 18.6. The molecule has 0 aliphatic heterocycles. The molecular weight excluding hydrogens is 506 g/mol. The molecule has 1 aliphatic rings. The van der Waals surface area contributed by atoms with Crippen molar-refractivity contribution in [2.24, 2.45) is 0 Å². The molecule has 1 aliphatic carbocycles. The van der Waals surface area contributed by atoms with Crippen LogP contribution in [0.1, 0.15) is 76.1 Å². The monoisotopic (exact) mass is 546 g/mol. The van der Waals surface area contributed by atoms with E-state index in [0.717, 1.165) is 24.0 Å². The second kappa shape index (κ2) is 13.1. The molecule has 0 radical (unpaired) electrons. The van der Waals surface area contributed by atoms with E-state index in [1.807, 2.05) is 70.2 Å². The predicted molar refractivity (Wildman–Crippen MR) is 146 cm³/mol. The van der Waals surface area contributed by atoms with Gasteiger partial charge in [0, 0.05) is 24.9 Å². The van der Waals surface area contributed by atoms with Crippen LogP contribution in [-0.4, -0.2) is 53.2 Å². The Morgan fingerprint density at radius 3 is 2.10 bits per heavy atom. The number of amides is 2. The van der Waals surface area contributed by atoms with Gasteiger partial charge in [-0.2, -0.15) is 0 Å². The van der Waals surface area contributed by atoms with Gasteiger partial charge in [0.1, 0.15) is 11.5 Å². The van der Waals surface area contributed by atoms with E-state index in [0.29, 0.717) is 44.1 Å². The van der Waals surface area contributed by atoms with Crippen LogP contribution in [0.4, 0.5) is 13.6 Å². The summed E-state index contributed by atoms with van der Waals surface area (Å²) in [6, 6.07) is 12.6. The van der Waals surface area contributed by atoms with E-state index in [9.17, 15) is 23.5 Å². The molecule has 9 heteroatoms. The van der Waals surface area contributed by atoms with Crippen molar-refractivity contribution in [2.45, 2.75) is 83.7 Å². The van der Waals surface area contributed by atoms with Gasteiger partial charge in [-0.05, 0) is 69.7 Å². The minimum atomic E-state index is -3.12. The molecular formula is C30H40F2N2O5. The Morgan fingerprint density at radius 2 is 1.62 bits per heavy atom. The summed E-state index contributed by atoms with van der Waals surface area (Å²) in [7, 11) is 0. The quantitative estimate of drug-likeness (QED) is 0.268. The second-order valence-electron chi connectivity index (χ2n) is 10.1. The molecule has 0 bridgehead atoms. The zero-order valence-electron chi connectivity index (χ0n) is 23.3. The van der Waals surface area contributed by atoms with Crippen molar-refractivity contribution in [3.63, 3.8) is 0 Å². The van der Waals surface area contributed by atoms with Gasteiger partial charge in [0.05, 0.1) is 19.3 Å². The molecule has 1 saturated carbocycles. The zero-order valence-corrected chi connectivity index (χ0v) is 23.3. The lowest BCUT2D eigenvalue weighted by Gasteiger charge is -2.45. The Bertz CT molecular complexity index is 1090. The van der Waals surface area contributed by atoms with E-state index < -0.39 is 42.3 Å². The number of rotatable bonds is 14. The molecule has 7 nitrogen and oxygen atoms in total. The Hall–Kier alpha value is -3.36. The number of ether oxygens (including phenoxy) is 2. The normalized spacial score (nSPS) is 16.1. The minimum absolute atomic E-state index is 0.315. The van der Waals surface area contributed by atoms with Crippen LogP contribution in [-0.2, 0) is 17.6 Å². The molecule has 3 rings (SSSR count). The van der Waals surface area contributed by atoms with Crippen molar-refractivity contribution < 1.29 is 33.0 Å². The summed E-state index contributed by atoms with van der Waals surface area (Å²) in [6.07, 6.45) is 1.11. The van der Waals surface area contributed by atoms with Crippen molar-refractivity contribution in [1.29, 1.82) is 0 Å². The van der Waals surface area contributed by atoms with Crippen LogP contribution < -0.4 is 14.8 Å². The molecule has 0 aromatic heterocycles. The van der Waals surface area contributed by atoms with Gasteiger partial charge >= 0.3 is 12.0 Å². The fourth-order valence-corrected chi connectivity index (χ4v) is 5.11. The maximum Gasteiger partial charge on any atom is 0.329 e.